The molecule has 4 nitrogen and oxygen atoms in total. The Labute approximate surface area is 175 Å². The van der Waals surface area contributed by atoms with Crippen molar-refractivity contribution in [3.05, 3.63) is 88.4 Å². The molecule has 0 aliphatic carbocycles. The van der Waals surface area contributed by atoms with Crippen LogP contribution >= 0.6 is 11.6 Å². The van der Waals surface area contributed by atoms with Gasteiger partial charge in [0.2, 0.25) is 0 Å². The SMILES string of the molecule is CS(=O)(=O)c1ccc(-c2ccc3c(c2)CCN(C(=O)c2cccc(Cl)c2)C3)cc1. The Hall–Kier alpha value is -2.63. The van der Waals surface area contributed by atoms with E-state index in [9.17, 15) is 13.2 Å². The minimum absolute atomic E-state index is 0.0152. The number of fused-ring (bicyclic) bond motifs is 1. The fourth-order valence-electron chi connectivity index (χ4n) is 3.60. The van der Waals surface area contributed by atoms with Crippen LogP contribution in [0, 0.1) is 0 Å². The Morgan fingerprint density at radius 1 is 0.931 bits per heavy atom. The van der Waals surface area contributed by atoms with E-state index in [4.69, 9.17) is 11.6 Å². The summed E-state index contributed by atoms with van der Waals surface area (Å²) in [5.41, 5.74) is 4.95. The molecule has 4 rings (SSSR count). The summed E-state index contributed by atoms with van der Waals surface area (Å²) in [7, 11) is -3.20. The summed E-state index contributed by atoms with van der Waals surface area (Å²) < 4.78 is 23.3. The molecule has 6 heteroatoms. The zero-order valence-corrected chi connectivity index (χ0v) is 17.5. The molecule has 0 saturated carbocycles. The Morgan fingerprint density at radius 2 is 1.66 bits per heavy atom. The predicted octanol–water partition coefficient (Wildman–Crippen LogP) is 4.61. The van der Waals surface area contributed by atoms with E-state index < -0.39 is 9.84 Å². The molecular weight excluding hydrogens is 406 g/mol. The van der Waals surface area contributed by atoms with E-state index in [0.717, 1.165) is 23.1 Å². The third-order valence-corrected chi connectivity index (χ3v) is 6.56. The highest BCUT2D eigenvalue weighted by atomic mass is 35.5. The predicted molar refractivity (Wildman–Crippen MR) is 115 cm³/mol. The molecule has 0 unspecified atom stereocenters. The number of benzene rings is 3. The number of rotatable bonds is 3. The van der Waals surface area contributed by atoms with E-state index in [2.05, 4.69) is 6.07 Å². The number of hydrogen-bond donors (Lipinski definition) is 0. The number of sulfone groups is 1. The molecule has 3 aromatic carbocycles. The lowest BCUT2D eigenvalue weighted by Gasteiger charge is -2.29. The van der Waals surface area contributed by atoms with Gasteiger partial charge in [-0.05, 0) is 59.0 Å². The van der Waals surface area contributed by atoms with E-state index in [1.807, 2.05) is 29.2 Å². The van der Waals surface area contributed by atoms with Gasteiger partial charge < -0.3 is 4.90 Å². The molecule has 0 atom stereocenters. The van der Waals surface area contributed by atoms with Gasteiger partial charge in [-0.2, -0.15) is 0 Å². The zero-order chi connectivity index (χ0) is 20.6. The van der Waals surface area contributed by atoms with Crippen LogP contribution in [0.1, 0.15) is 21.5 Å². The van der Waals surface area contributed by atoms with E-state index in [0.29, 0.717) is 28.6 Å². The number of carbonyl (C=O) groups excluding carboxylic acids is 1. The lowest BCUT2D eigenvalue weighted by molar-refractivity contribution is 0.0734. The van der Waals surface area contributed by atoms with Crippen LogP contribution < -0.4 is 0 Å². The van der Waals surface area contributed by atoms with Crippen molar-refractivity contribution in [3.8, 4) is 11.1 Å². The molecule has 3 aromatic rings. The fourth-order valence-corrected chi connectivity index (χ4v) is 4.43. The average molecular weight is 426 g/mol. The molecule has 1 aliphatic heterocycles. The number of carbonyl (C=O) groups is 1. The van der Waals surface area contributed by atoms with Crippen LogP contribution in [0.3, 0.4) is 0 Å². The number of hydrogen-bond acceptors (Lipinski definition) is 3. The molecule has 1 amide bonds. The maximum atomic E-state index is 12.8. The first-order chi connectivity index (χ1) is 13.8. The molecule has 0 spiro atoms. The van der Waals surface area contributed by atoms with E-state index >= 15 is 0 Å². The Morgan fingerprint density at radius 3 is 2.34 bits per heavy atom. The number of amides is 1. The molecule has 0 radical (unpaired) electrons. The third-order valence-electron chi connectivity index (χ3n) is 5.19. The molecule has 1 aliphatic rings. The molecule has 0 saturated heterocycles. The van der Waals surface area contributed by atoms with Gasteiger partial charge in [0.15, 0.2) is 9.84 Å². The fraction of sp³-hybridized carbons (Fsp3) is 0.174. The van der Waals surface area contributed by atoms with Gasteiger partial charge in [-0.25, -0.2) is 8.42 Å². The van der Waals surface area contributed by atoms with Gasteiger partial charge >= 0.3 is 0 Å². The lowest BCUT2D eigenvalue weighted by atomic mass is 9.94. The van der Waals surface area contributed by atoms with Crippen molar-refractivity contribution in [1.29, 1.82) is 0 Å². The molecule has 0 bridgehead atoms. The van der Waals surface area contributed by atoms with Gasteiger partial charge in [0, 0.05) is 29.9 Å². The first-order valence-electron chi connectivity index (χ1n) is 9.28. The zero-order valence-electron chi connectivity index (χ0n) is 15.9. The monoisotopic (exact) mass is 425 g/mol. The third kappa shape index (κ3) is 4.21. The minimum Gasteiger partial charge on any atom is -0.334 e. The quantitative estimate of drug-likeness (QED) is 0.615. The lowest BCUT2D eigenvalue weighted by Crippen LogP contribution is -2.35. The highest BCUT2D eigenvalue weighted by molar-refractivity contribution is 7.90. The topological polar surface area (TPSA) is 54.5 Å². The van der Waals surface area contributed by atoms with Crippen molar-refractivity contribution in [1.82, 2.24) is 4.90 Å². The van der Waals surface area contributed by atoms with Crippen LogP contribution in [-0.2, 0) is 22.8 Å². The molecular formula is C23H20ClNO3S. The summed E-state index contributed by atoms with van der Waals surface area (Å²) in [4.78, 5) is 14.9. The van der Waals surface area contributed by atoms with Crippen molar-refractivity contribution in [2.45, 2.75) is 17.9 Å². The largest absolute Gasteiger partial charge is 0.334 e. The Bertz CT molecular complexity index is 1190. The highest BCUT2D eigenvalue weighted by Crippen LogP contribution is 2.28. The van der Waals surface area contributed by atoms with Crippen molar-refractivity contribution < 1.29 is 13.2 Å². The van der Waals surface area contributed by atoms with Gasteiger partial charge in [0.25, 0.3) is 5.91 Å². The molecule has 0 N–H and O–H groups in total. The smallest absolute Gasteiger partial charge is 0.254 e. The van der Waals surface area contributed by atoms with Crippen molar-refractivity contribution in [2.75, 3.05) is 12.8 Å². The standard InChI is InChI=1S/C23H20ClNO3S/c1-29(27,28)22-9-7-16(8-10-22)17-5-6-20-15-25(12-11-18(20)13-17)23(26)19-3-2-4-21(24)14-19/h2-10,13-14H,11-12,15H2,1H3. The summed E-state index contributed by atoms with van der Waals surface area (Å²) >= 11 is 6.02. The number of nitrogens with zero attached hydrogens (tertiary/aromatic N) is 1. The van der Waals surface area contributed by atoms with Gasteiger partial charge in [0.1, 0.15) is 0 Å². The maximum absolute atomic E-state index is 12.8. The van der Waals surface area contributed by atoms with Crippen LogP contribution in [0.2, 0.25) is 5.02 Å². The van der Waals surface area contributed by atoms with Gasteiger partial charge in [0.05, 0.1) is 4.90 Å². The van der Waals surface area contributed by atoms with E-state index in [-0.39, 0.29) is 5.91 Å². The van der Waals surface area contributed by atoms with Gasteiger partial charge in [-0.15, -0.1) is 0 Å². The first-order valence-corrected chi connectivity index (χ1v) is 11.6. The van der Waals surface area contributed by atoms with Crippen LogP contribution in [0.15, 0.2) is 71.6 Å². The Balaban J connectivity index is 1.55. The van der Waals surface area contributed by atoms with Crippen molar-refractivity contribution >= 4 is 27.3 Å². The second-order valence-corrected chi connectivity index (χ2v) is 9.72. The second kappa shape index (κ2) is 7.65. The first kappa shape index (κ1) is 19.7. The summed E-state index contributed by atoms with van der Waals surface area (Å²) in [6.45, 7) is 1.21. The molecule has 1 heterocycles. The normalized spacial score (nSPS) is 13.8. The molecule has 29 heavy (non-hydrogen) atoms. The van der Waals surface area contributed by atoms with Crippen LogP contribution in [0.5, 0.6) is 0 Å². The summed E-state index contributed by atoms with van der Waals surface area (Å²) in [5.74, 6) is -0.0152. The van der Waals surface area contributed by atoms with Crippen LogP contribution in [0.25, 0.3) is 11.1 Å². The van der Waals surface area contributed by atoms with Gasteiger partial charge in [-0.3, -0.25) is 4.79 Å². The highest BCUT2D eigenvalue weighted by Gasteiger charge is 2.22. The summed E-state index contributed by atoms with van der Waals surface area (Å²) in [5, 5.41) is 0.555. The van der Waals surface area contributed by atoms with E-state index in [1.54, 1.807) is 36.4 Å². The molecule has 148 valence electrons. The summed E-state index contributed by atoms with van der Waals surface area (Å²) in [6, 6.07) is 20.1. The van der Waals surface area contributed by atoms with Crippen LogP contribution in [0.4, 0.5) is 0 Å². The molecule has 0 fully saturated rings. The van der Waals surface area contributed by atoms with Crippen molar-refractivity contribution in [3.63, 3.8) is 0 Å². The summed E-state index contributed by atoms with van der Waals surface area (Å²) in [6.07, 6.45) is 1.98. The van der Waals surface area contributed by atoms with Crippen LogP contribution in [-0.4, -0.2) is 32.0 Å². The van der Waals surface area contributed by atoms with Gasteiger partial charge in [-0.1, -0.05) is 48.0 Å². The number of halogens is 1. The second-order valence-electron chi connectivity index (χ2n) is 7.27. The Kier molecular flexibility index (Phi) is 5.19. The maximum Gasteiger partial charge on any atom is 0.254 e. The molecule has 0 aromatic heterocycles. The minimum atomic E-state index is -3.20. The average Bonchev–Trinajstić information content (AvgIpc) is 2.72. The van der Waals surface area contributed by atoms with Crippen molar-refractivity contribution in [2.24, 2.45) is 0 Å². The van der Waals surface area contributed by atoms with E-state index in [1.165, 1.54) is 11.8 Å².